The standard InChI is InChI=1S/C6H8N4O/c1-4(10-11)5-2-3-8-6(7)9-5/h2-3,11H,1H3,(H2,7,8,9). The minimum absolute atomic E-state index is 0.172. The number of aromatic nitrogens is 2. The van der Waals surface area contributed by atoms with E-state index in [2.05, 4.69) is 15.1 Å². The molecule has 5 heteroatoms. The molecule has 1 rings (SSSR count). The van der Waals surface area contributed by atoms with Crippen molar-refractivity contribution in [2.24, 2.45) is 5.16 Å². The fourth-order valence-corrected chi connectivity index (χ4v) is 0.627. The first kappa shape index (κ1) is 7.46. The Morgan fingerprint density at radius 3 is 3.00 bits per heavy atom. The van der Waals surface area contributed by atoms with Gasteiger partial charge < -0.3 is 10.9 Å². The number of hydrogen-bond acceptors (Lipinski definition) is 5. The Balaban J connectivity index is 3.06. The normalized spacial score (nSPS) is 11.5. The maximum atomic E-state index is 8.37. The Labute approximate surface area is 63.6 Å². The summed E-state index contributed by atoms with van der Waals surface area (Å²) in [5.41, 5.74) is 6.24. The molecule has 0 atom stereocenters. The minimum atomic E-state index is 0.172. The summed E-state index contributed by atoms with van der Waals surface area (Å²) in [4.78, 5) is 7.51. The SMILES string of the molecule is CC(=NO)c1ccnc(N)n1. The van der Waals surface area contributed by atoms with Crippen LogP contribution in [0.25, 0.3) is 0 Å². The van der Waals surface area contributed by atoms with Crippen LogP contribution in [0.1, 0.15) is 12.6 Å². The van der Waals surface area contributed by atoms with Gasteiger partial charge in [0.05, 0.1) is 5.69 Å². The van der Waals surface area contributed by atoms with Crippen LogP contribution in [0.5, 0.6) is 0 Å². The average molecular weight is 152 g/mol. The van der Waals surface area contributed by atoms with Gasteiger partial charge in [-0.1, -0.05) is 5.16 Å². The van der Waals surface area contributed by atoms with Crippen LogP contribution in [0.15, 0.2) is 17.4 Å². The van der Waals surface area contributed by atoms with Gasteiger partial charge in [-0.2, -0.15) is 0 Å². The van der Waals surface area contributed by atoms with Gasteiger partial charge in [-0.05, 0) is 13.0 Å². The predicted molar refractivity (Wildman–Crippen MR) is 40.4 cm³/mol. The highest BCUT2D eigenvalue weighted by atomic mass is 16.4. The van der Waals surface area contributed by atoms with Crippen molar-refractivity contribution in [1.29, 1.82) is 0 Å². The molecule has 0 aliphatic rings. The van der Waals surface area contributed by atoms with E-state index in [1.807, 2.05) is 0 Å². The van der Waals surface area contributed by atoms with Crippen molar-refractivity contribution in [1.82, 2.24) is 9.97 Å². The molecule has 1 aromatic heterocycles. The second-order valence-electron chi connectivity index (χ2n) is 1.99. The molecule has 0 bridgehead atoms. The summed E-state index contributed by atoms with van der Waals surface area (Å²) >= 11 is 0. The number of nitrogens with two attached hydrogens (primary N) is 1. The highest BCUT2D eigenvalue weighted by Crippen LogP contribution is 1.97. The van der Waals surface area contributed by atoms with Crippen LogP contribution in [0.3, 0.4) is 0 Å². The average Bonchev–Trinajstić information content (AvgIpc) is 2.03. The zero-order chi connectivity index (χ0) is 8.27. The lowest BCUT2D eigenvalue weighted by atomic mass is 10.3. The molecule has 0 radical (unpaired) electrons. The van der Waals surface area contributed by atoms with Crippen LogP contribution < -0.4 is 5.73 Å². The molecule has 0 saturated heterocycles. The third-order valence-electron chi connectivity index (χ3n) is 1.19. The summed E-state index contributed by atoms with van der Waals surface area (Å²) in [5.74, 6) is 0.172. The maximum absolute atomic E-state index is 8.37. The first-order valence-corrected chi connectivity index (χ1v) is 3.01. The second-order valence-corrected chi connectivity index (χ2v) is 1.99. The summed E-state index contributed by atoms with van der Waals surface area (Å²) in [6.07, 6.45) is 1.51. The number of anilines is 1. The first-order chi connectivity index (χ1) is 5.24. The molecule has 0 aliphatic carbocycles. The molecule has 0 fully saturated rings. The second kappa shape index (κ2) is 2.96. The van der Waals surface area contributed by atoms with Crippen molar-refractivity contribution in [3.05, 3.63) is 18.0 Å². The summed E-state index contributed by atoms with van der Waals surface area (Å²) < 4.78 is 0. The van der Waals surface area contributed by atoms with E-state index in [0.717, 1.165) is 0 Å². The number of nitrogens with zero attached hydrogens (tertiary/aromatic N) is 3. The van der Waals surface area contributed by atoms with Crippen LogP contribution in [-0.4, -0.2) is 20.9 Å². The molecule has 3 N–H and O–H groups in total. The first-order valence-electron chi connectivity index (χ1n) is 3.01. The quantitative estimate of drug-likeness (QED) is 0.343. The largest absolute Gasteiger partial charge is 0.411 e. The lowest BCUT2D eigenvalue weighted by Gasteiger charge is -1.96. The lowest BCUT2D eigenvalue weighted by molar-refractivity contribution is 0.319. The van der Waals surface area contributed by atoms with Gasteiger partial charge in [0, 0.05) is 6.20 Å². The van der Waals surface area contributed by atoms with Crippen molar-refractivity contribution in [2.75, 3.05) is 5.73 Å². The fraction of sp³-hybridized carbons (Fsp3) is 0.167. The van der Waals surface area contributed by atoms with Crippen molar-refractivity contribution in [3.63, 3.8) is 0 Å². The predicted octanol–water partition coefficient (Wildman–Crippen LogP) is 0.257. The molecular formula is C6H8N4O. The van der Waals surface area contributed by atoms with Crippen LogP contribution in [0, 0.1) is 0 Å². The zero-order valence-corrected chi connectivity index (χ0v) is 6.02. The Morgan fingerprint density at radius 1 is 1.73 bits per heavy atom. The molecule has 0 aromatic carbocycles. The molecule has 11 heavy (non-hydrogen) atoms. The number of oxime groups is 1. The molecule has 1 heterocycles. The van der Waals surface area contributed by atoms with Crippen LogP contribution in [0.4, 0.5) is 5.95 Å². The van der Waals surface area contributed by atoms with Gasteiger partial charge in [0.15, 0.2) is 0 Å². The molecule has 0 saturated carbocycles. The molecule has 0 spiro atoms. The molecule has 1 aromatic rings. The van der Waals surface area contributed by atoms with Gasteiger partial charge in [0.25, 0.3) is 0 Å². The van der Waals surface area contributed by atoms with Gasteiger partial charge in [-0.15, -0.1) is 0 Å². The smallest absolute Gasteiger partial charge is 0.220 e. The van der Waals surface area contributed by atoms with E-state index in [1.54, 1.807) is 13.0 Å². The zero-order valence-electron chi connectivity index (χ0n) is 6.02. The summed E-state index contributed by atoms with van der Waals surface area (Å²) in [6.45, 7) is 1.63. The van der Waals surface area contributed by atoms with E-state index in [1.165, 1.54) is 6.20 Å². The topological polar surface area (TPSA) is 84.4 Å². The van der Waals surface area contributed by atoms with E-state index < -0.39 is 0 Å². The van der Waals surface area contributed by atoms with Gasteiger partial charge >= 0.3 is 0 Å². The van der Waals surface area contributed by atoms with E-state index in [0.29, 0.717) is 11.4 Å². The molecule has 0 aliphatic heterocycles. The highest BCUT2D eigenvalue weighted by molar-refractivity contribution is 5.96. The number of rotatable bonds is 1. The molecule has 5 nitrogen and oxygen atoms in total. The monoisotopic (exact) mass is 152 g/mol. The summed E-state index contributed by atoms with van der Waals surface area (Å²) in [7, 11) is 0. The van der Waals surface area contributed by atoms with Crippen molar-refractivity contribution in [2.45, 2.75) is 6.92 Å². The van der Waals surface area contributed by atoms with Gasteiger partial charge in [-0.3, -0.25) is 0 Å². The van der Waals surface area contributed by atoms with Crippen LogP contribution >= 0.6 is 0 Å². The Hall–Kier alpha value is -1.65. The van der Waals surface area contributed by atoms with Crippen LogP contribution in [-0.2, 0) is 0 Å². The third-order valence-corrected chi connectivity index (χ3v) is 1.19. The van der Waals surface area contributed by atoms with Crippen LogP contribution in [0.2, 0.25) is 0 Å². The van der Waals surface area contributed by atoms with E-state index >= 15 is 0 Å². The maximum Gasteiger partial charge on any atom is 0.220 e. The number of nitrogen functional groups attached to an aromatic ring is 1. The van der Waals surface area contributed by atoms with E-state index in [-0.39, 0.29) is 5.95 Å². The lowest BCUT2D eigenvalue weighted by Crippen LogP contribution is -2.02. The highest BCUT2D eigenvalue weighted by Gasteiger charge is 1.98. The Bertz CT molecular complexity index is 284. The summed E-state index contributed by atoms with van der Waals surface area (Å²) in [6, 6.07) is 1.62. The van der Waals surface area contributed by atoms with E-state index in [4.69, 9.17) is 10.9 Å². The van der Waals surface area contributed by atoms with E-state index in [9.17, 15) is 0 Å². The van der Waals surface area contributed by atoms with Gasteiger partial charge in [0.2, 0.25) is 5.95 Å². The molecule has 0 unspecified atom stereocenters. The summed E-state index contributed by atoms with van der Waals surface area (Å²) in [5, 5.41) is 11.3. The van der Waals surface area contributed by atoms with Gasteiger partial charge in [0.1, 0.15) is 5.71 Å². The van der Waals surface area contributed by atoms with Gasteiger partial charge in [-0.25, -0.2) is 9.97 Å². The third kappa shape index (κ3) is 1.64. The molecule has 0 amide bonds. The van der Waals surface area contributed by atoms with Crippen molar-refractivity contribution < 1.29 is 5.21 Å². The Morgan fingerprint density at radius 2 is 2.45 bits per heavy atom. The van der Waals surface area contributed by atoms with Crippen molar-refractivity contribution in [3.8, 4) is 0 Å². The van der Waals surface area contributed by atoms with Crippen molar-refractivity contribution >= 4 is 11.7 Å². The Kier molecular flexibility index (Phi) is 2.00. The molecule has 58 valence electrons. The molecular weight excluding hydrogens is 144 g/mol. The number of hydrogen-bond donors (Lipinski definition) is 2. The fourth-order valence-electron chi connectivity index (χ4n) is 0.627. The minimum Gasteiger partial charge on any atom is -0.411 e.